The summed E-state index contributed by atoms with van der Waals surface area (Å²) in [5.41, 5.74) is -0.692. The standard InChI is InChI=1S/C11H20N2O4/c1-11(2,7-14)12(3)10(17)13-6-4-5-8(13)9(15)16/h8,14H,4-7H2,1-3H3,(H,15,16). The van der Waals surface area contributed by atoms with E-state index >= 15 is 0 Å². The predicted molar refractivity (Wildman–Crippen MR) is 61.7 cm³/mol. The molecule has 1 rings (SSSR count). The summed E-state index contributed by atoms with van der Waals surface area (Å²) in [6, 6.07) is -1.08. The second-order valence-corrected chi connectivity index (χ2v) is 5.00. The fourth-order valence-electron chi connectivity index (χ4n) is 1.81. The average Bonchev–Trinajstić information content (AvgIpc) is 2.75. The molecule has 6 heteroatoms. The maximum absolute atomic E-state index is 12.1. The average molecular weight is 244 g/mol. The van der Waals surface area contributed by atoms with Crippen molar-refractivity contribution in [2.45, 2.75) is 38.3 Å². The van der Waals surface area contributed by atoms with Crippen molar-refractivity contribution in [3.8, 4) is 0 Å². The number of carboxylic acid groups (broad SMARTS) is 1. The summed E-state index contributed by atoms with van der Waals surface area (Å²) < 4.78 is 0. The molecule has 1 saturated heterocycles. The Morgan fingerprint density at radius 3 is 2.53 bits per heavy atom. The van der Waals surface area contributed by atoms with Gasteiger partial charge in [0.1, 0.15) is 6.04 Å². The summed E-state index contributed by atoms with van der Waals surface area (Å²) in [5, 5.41) is 18.2. The quantitative estimate of drug-likeness (QED) is 0.751. The lowest BCUT2D eigenvalue weighted by Crippen LogP contribution is -2.55. The van der Waals surface area contributed by atoms with Gasteiger partial charge in [-0.25, -0.2) is 9.59 Å². The zero-order chi connectivity index (χ0) is 13.2. The number of aliphatic hydroxyl groups excluding tert-OH is 1. The van der Waals surface area contributed by atoms with E-state index in [1.165, 1.54) is 9.80 Å². The first-order valence-corrected chi connectivity index (χ1v) is 5.69. The number of carbonyl (C=O) groups excluding carboxylic acids is 1. The van der Waals surface area contributed by atoms with Gasteiger partial charge in [0, 0.05) is 13.6 Å². The highest BCUT2D eigenvalue weighted by Crippen LogP contribution is 2.22. The van der Waals surface area contributed by atoms with Crippen molar-refractivity contribution in [2.24, 2.45) is 0 Å². The molecular weight excluding hydrogens is 224 g/mol. The van der Waals surface area contributed by atoms with E-state index in [1.54, 1.807) is 20.9 Å². The molecule has 0 aromatic heterocycles. The molecule has 0 radical (unpaired) electrons. The third-order valence-corrected chi connectivity index (χ3v) is 3.37. The van der Waals surface area contributed by atoms with E-state index in [0.29, 0.717) is 19.4 Å². The lowest BCUT2D eigenvalue weighted by molar-refractivity contribution is -0.141. The van der Waals surface area contributed by atoms with Crippen LogP contribution in [0.4, 0.5) is 4.79 Å². The maximum Gasteiger partial charge on any atom is 0.326 e. The van der Waals surface area contributed by atoms with Gasteiger partial charge >= 0.3 is 12.0 Å². The van der Waals surface area contributed by atoms with E-state index in [2.05, 4.69) is 0 Å². The molecule has 1 aliphatic heterocycles. The van der Waals surface area contributed by atoms with Crippen LogP contribution < -0.4 is 0 Å². The molecule has 0 saturated carbocycles. The Morgan fingerprint density at radius 1 is 1.47 bits per heavy atom. The van der Waals surface area contributed by atoms with Crippen molar-refractivity contribution in [3.05, 3.63) is 0 Å². The van der Waals surface area contributed by atoms with Crippen LogP contribution in [0.5, 0.6) is 0 Å². The first-order chi connectivity index (χ1) is 7.81. The third kappa shape index (κ3) is 2.69. The van der Waals surface area contributed by atoms with E-state index in [9.17, 15) is 14.7 Å². The normalized spacial score (nSPS) is 20.5. The molecule has 0 aromatic carbocycles. The largest absolute Gasteiger partial charge is 0.480 e. The van der Waals surface area contributed by atoms with Gasteiger partial charge in [0.15, 0.2) is 0 Å². The zero-order valence-corrected chi connectivity index (χ0v) is 10.5. The van der Waals surface area contributed by atoms with Gasteiger partial charge in [0.2, 0.25) is 0 Å². The molecule has 0 bridgehead atoms. The van der Waals surface area contributed by atoms with Gasteiger partial charge in [0.25, 0.3) is 0 Å². The molecule has 1 fully saturated rings. The molecular formula is C11H20N2O4. The number of aliphatic carboxylic acids is 1. The maximum atomic E-state index is 12.1. The van der Waals surface area contributed by atoms with Gasteiger partial charge in [-0.1, -0.05) is 0 Å². The van der Waals surface area contributed by atoms with Gasteiger partial charge in [-0.2, -0.15) is 0 Å². The minimum absolute atomic E-state index is 0.166. The number of aliphatic hydroxyl groups is 1. The van der Waals surface area contributed by atoms with Crippen LogP contribution in [0.2, 0.25) is 0 Å². The summed E-state index contributed by atoms with van der Waals surface area (Å²) in [6.45, 7) is 3.76. The number of carbonyl (C=O) groups is 2. The van der Waals surface area contributed by atoms with Gasteiger partial charge in [-0.3, -0.25) is 0 Å². The molecule has 98 valence electrons. The van der Waals surface area contributed by atoms with E-state index in [1.807, 2.05) is 0 Å². The van der Waals surface area contributed by atoms with Crippen LogP contribution >= 0.6 is 0 Å². The topological polar surface area (TPSA) is 81.1 Å². The molecule has 2 N–H and O–H groups in total. The van der Waals surface area contributed by atoms with Crippen molar-refractivity contribution in [1.29, 1.82) is 0 Å². The number of hydrogen-bond acceptors (Lipinski definition) is 3. The highest BCUT2D eigenvalue weighted by atomic mass is 16.4. The van der Waals surface area contributed by atoms with E-state index in [-0.39, 0.29) is 12.6 Å². The molecule has 1 atom stereocenters. The molecule has 2 amide bonds. The minimum atomic E-state index is -0.967. The Morgan fingerprint density at radius 2 is 2.06 bits per heavy atom. The number of hydrogen-bond donors (Lipinski definition) is 2. The van der Waals surface area contributed by atoms with Gasteiger partial charge in [-0.15, -0.1) is 0 Å². The summed E-state index contributed by atoms with van der Waals surface area (Å²) in [6.07, 6.45) is 1.20. The molecule has 1 aliphatic rings. The predicted octanol–water partition coefficient (Wildman–Crippen LogP) is 0.358. The molecule has 0 spiro atoms. The van der Waals surface area contributed by atoms with Crippen LogP contribution in [0.3, 0.4) is 0 Å². The van der Waals surface area contributed by atoms with Crippen LogP contribution in [0.25, 0.3) is 0 Å². The fourth-order valence-corrected chi connectivity index (χ4v) is 1.81. The van der Waals surface area contributed by atoms with Crippen LogP contribution in [-0.4, -0.2) is 63.8 Å². The second kappa shape index (κ2) is 4.91. The molecule has 0 aliphatic carbocycles. The van der Waals surface area contributed by atoms with Crippen molar-refractivity contribution < 1.29 is 19.8 Å². The number of amides is 2. The summed E-state index contributed by atoms with van der Waals surface area (Å²) in [5.74, 6) is -0.967. The number of likely N-dealkylation sites (N-methyl/N-ethyl adjacent to an activating group) is 1. The monoisotopic (exact) mass is 244 g/mol. The number of nitrogens with zero attached hydrogens (tertiary/aromatic N) is 2. The fraction of sp³-hybridized carbons (Fsp3) is 0.818. The SMILES string of the molecule is CN(C(=O)N1CCCC1C(=O)O)C(C)(C)CO. The highest BCUT2D eigenvalue weighted by molar-refractivity contribution is 5.83. The van der Waals surface area contributed by atoms with E-state index < -0.39 is 17.6 Å². The number of carboxylic acids is 1. The molecule has 6 nitrogen and oxygen atoms in total. The minimum Gasteiger partial charge on any atom is -0.480 e. The molecule has 1 unspecified atom stereocenters. The Balaban J connectivity index is 2.79. The van der Waals surface area contributed by atoms with Crippen molar-refractivity contribution >= 4 is 12.0 Å². The lowest BCUT2D eigenvalue weighted by Gasteiger charge is -2.37. The van der Waals surface area contributed by atoms with Crippen LogP contribution in [0, 0.1) is 0 Å². The van der Waals surface area contributed by atoms with Crippen LogP contribution in [0.1, 0.15) is 26.7 Å². The Kier molecular flexibility index (Phi) is 3.98. The smallest absolute Gasteiger partial charge is 0.326 e. The molecule has 0 aromatic rings. The van der Waals surface area contributed by atoms with Crippen LogP contribution in [-0.2, 0) is 4.79 Å². The second-order valence-electron chi connectivity index (χ2n) is 5.00. The van der Waals surface area contributed by atoms with E-state index in [0.717, 1.165) is 0 Å². The summed E-state index contributed by atoms with van der Waals surface area (Å²) in [7, 11) is 1.58. The third-order valence-electron chi connectivity index (χ3n) is 3.37. The Labute approximate surface area is 101 Å². The van der Waals surface area contributed by atoms with Crippen molar-refractivity contribution in [1.82, 2.24) is 9.80 Å². The molecule has 1 heterocycles. The first-order valence-electron chi connectivity index (χ1n) is 5.69. The van der Waals surface area contributed by atoms with Gasteiger partial charge < -0.3 is 20.0 Å². The van der Waals surface area contributed by atoms with Gasteiger partial charge in [-0.05, 0) is 26.7 Å². The van der Waals surface area contributed by atoms with Crippen LogP contribution in [0.15, 0.2) is 0 Å². The van der Waals surface area contributed by atoms with Gasteiger partial charge in [0.05, 0.1) is 12.1 Å². The van der Waals surface area contributed by atoms with E-state index in [4.69, 9.17) is 5.11 Å². The summed E-state index contributed by atoms with van der Waals surface area (Å²) in [4.78, 5) is 25.9. The summed E-state index contributed by atoms with van der Waals surface area (Å²) >= 11 is 0. The Hall–Kier alpha value is -1.30. The zero-order valence-electron chi connectivity index (χ0n) is 10.5. The first kappa shape index (κ1) is 13.8. The number of likely N-dealkylation sites (tertiary alicyclic amines) is 1. The Bertz CT molecular complexity index is 317. The number of urea groups is 1. The lowest BCUT2D eigenvalue weighted by atomic mass is 10.1. The number of rotatable bonds is 3. The van der Waals surface area contributed by atoms with Crippen molar-refractivity contribution in [2.75, 3.05) is 20.2 Å². The molecule has 17 heavy (non-hydrogen) atoms. The highest BCUT2D eigenvalue weighted by Gasteiger charge is 2.38. The van der Waals surface area contributed by atoms with Crippen molar-refractivity contribution in [3.63, 3.8) is 0 Å².